The summed E-state index contributed by atoms with van der Waals surface area (Å²) in [5.41, 5.74) is 6.73. The predicted octanol–water partition coefficient (Wildman–Crippen LogP) is 2.08. The van der Waals surface area contributed by atoms with Crippen LogP contribution in [-0.4, -0.2) is 32.2 Å². The Hall–Kier alpha value is -1.10. The molecule has 0 aliphatic carbocycles. The van der Waals surface area contributed by atoms with Gasteiger partial charge in [-0.05, 0) is 30.7 Å². The Labute approximate surface area is 132 Å². The molecule has 1 atom stereocenters. The molecular formula is C16H25ClN2O2. The van der Waals surface area contributed by atoms with Crippen molar-refractivity contribution >= 4 is 18.3 Å². The van der Waals surface area contributed by atoms with Crippen molar-refractivity contribution in [1.29, 1.82) is 0 Å². The van der Waals surface area contributed by atoms with Crippen LogP contribution in [0.2, 0.25) is 0 Å². The summed E-state index contributed by atoms with van der Waals surface area (Å²) in [5, 5.41) is 3.02. The minimum absolute atomic E-state index is 0. The van der Waals surface area contributed by atoms with Crippen molar-refractivity contribution in [2.45, 2.75) is 25.2 Å². The van der Waals surface area contributed by atoms with E-state index in [1.807, 2.05) is 30.3 Å². The Kier molecular flexibility index (Phi) is 8.35. The first kappa shape index (κ1) is 18.0. The Morgan fingerprint density at radius 3 is 2.57 bits per heavy atom. The standard InChI is InChI=1S/C16H24N2O2.ClH/c17-12-15(14-4-2-1-3-5-14)16(19)18-9-6-13-7-10-20-11-8-13;/h1-5,13,15H,6-12,17H2,(H,18,19);1H. The fraction of sp³-hybridized carbons (Fsp3) is 0.562. The first-order valence-corrected chi connectivity index (χ1v) is 7.41. The molecule has 4 nitrogen and oxygen atoms in total. The highest BCUT2D eigenvalue weighted by atomic mass is 35.5. The van der Waals surface area contributed by atoms with Crippen molar-refractivity contribution in [2.75, 3.05) is 26.3 Å². The second-order valence-electron chi connectivity index (χ2n) is 5.33. The molecule has 0 bridgehead atoms. The quantitative estimate of drug-likeness (QED) is 0.845. The average molecular weight is 313 g/mol. The molecule has 1 aliphatic heterocycles. The molecule has 1 aromatic rings. The van der Waals surface area contributed by atoms with Crippen LogP contribution >= 0.6 is 12.4 Å². The smallest absolute Gasteiger partial charge is 0.228 e. The van der Waals surface area contributed by atoms with E-state index in [1.54, 1.807) is 0 Å². The largest absolute Gasteiger partial charge is 0.381 e. The number of benzene rings is 1. The van der Waals surface area contributed by atoms with Gasteiger partial charge in [0.1, 0.15) is 0 Å². The topological polar surface area (TPSA) is 64.4 Å². The fourth-order valence-electron chi connectivity index (χ4n) is 2.64. The fourth-order valence-corrected chi connectivity index (χ4v) is 2.64. The molecule has 1 aliphatic rings. The van der Waals surface area contributed by atoms with Gasteiger partial charge in [0.05, 0.1) is 5.92 Å². The van der Waals surface area contributed by atoms with Crippen molar-refractivity contribution in [3.05, 3.63) is 35.9 Å². The zero-order chi connectivity index (χ0) is 14.2. The monoisotopic (exact) mass is 312 g/mol. The summed E-state index contributed by atoms with van der Waals surface area (Å²) in [4.78, 5) is 12.2. The lowest BCUT2D eigenvalue weighted by Crippen LogP contribution is -2.35. The Bertz CT molecular complexity index is 408. The van der Waals surface area contributed by atoms with E-state index in [4.69, 9.17) is 10.5 Å². The normalized spacial score (nSPS) is 16.8. The van der Waals surface area contributed by atoms with Crippen molar-refractivity contribution in [1.82, 2.24) is 5.32 Å². The maximum atomic E-state index is 12.2. The highest BCUT2D eigenvalue weighted by Crippen LogP contribution is 2.18. The zero-order valence-electron chi connectivity index (χ0n) is 12.3. The molecule has 3 N–H and O–H groups in total. The van der Waals surface area contributed by atoms with Crippen molar-refractivity contribution in [3.8, 4) is 0 Å². The Morgan fingerprint density at radius 2 is 1.95 bits per heavy atom. The van der Waals surface area contributed by atoms with E-state index in [2.05, 4.69) is 5.32 Å². The molecule has 1 unspecified atom stereocenters. The summed E-state index contributed by atoms with van der Waals surface area (Å²) in [6.45, 7) is 2.78. The van der Waals surface area contributed by atoms with Crippen LogP contribution < -0.4 is 11.1 Å². The van der Waals surface area contributed by atoms with E-state index >= 15 is 0 Å². The van der Waals surface area contributed by atoms with Gasteiger partial charge in [0.2, 0.25) is 5.91 Å². The number of ether oxygens (including phenoxy) is 1. The summed E-state index contributed by atoms with van der Waals surface area (Å²) >= 11 is 0. The second kappa shape index (κ2) is 9.77. The molecule has 5 heteroatoms. The first-order chi connectivity index (χ1) is 9.81. The number of hydrogen-bond donors (Lipinski definition) is 2. The van der Waals surface area contributed by atoms with E-state index in [-0.39, 0.29) is 24.2 Å². The van der Waals surface area contributed by atoms with Crippen LogP contribution in [0.1, 0.15) is 30.7 Å². The molecule has 1 saturated heterocycles. The van der Waals surface area contributed by atoms with Gasteiger partial charge in [-0.1, -0.05) is 30.3 Å². The van der Waals surface area contributed by atoms with Gasteiger partial charge in [0, 0.05) is 26.3 Å². The number of halogens is 1. The molecule has 0 saturated carbocycles. The highest BCUT2D eigenvalue weighted by molar-refractivity contribution is 5.85. The molecule has 118 valence electrons. The highest BCUT2D eigenvalue weighted by Gasteiger charge is 2.19. The van der Waals surface area contributed by atoms with E-state index in [0.29, 0.717) is 12.5 Å². The van der Waals surface area contributed by atoms with E-state index in [9.17, 15) is 4.79 Å². The molecule has 0 spiro atoms. The van der Waals surface area contributed by atoms with Gasteiger partial charge in [-0.3, -0.25) is 4.79 Å². The number of carbonyl (C=O) groups excluding carboxylic acids is 1. The van der Waals surface area contributed by atoms with Crippen LogP contribution in [-0.2, 0) is 9.53 Å². The third-order valence-electron chi connectivity index (χ3n) is 3.95. The minimum Gasteiger partial charge on any atom is -0.381 e. The van der Waals surface area contributed by atoms with Crippen LogP contribution in [0.5, 0.6) is 0 Å². The van der Waals surface area contributed by atoms with Crippen molar-refractivity contribution < 1.29 is 9.53 Å². The Balaban J connectivity index is 0.00000220. The molecule has 1 amide bonds. The number of carbonyl (C=O) groups is 1. The summed E-state index contributed by atoms with van der Waals surface area (Å²) in [6, 6.07) is 9.73. The van der Waals surface area contributed by atoms with Gasteiger partial charge in [-0.15, -0.1) is 12.4 Å². The molecule has 1 fully saturated rings. The molecule has 1 aromatic carbocycles. The van der Waals surface area contributed by atoms with Crippen molar-refractivity contribution in [3.63, 3.8) is 0 Å². The van der Waals surface area contributed by atoms with Gasteiger partial charge in [0.25, 0.3) is 0 Å². The first-order valence-electron chi connectivity index (χ1n) is 7.41. The molecule has 0 aromatic heterocycles. The molecular weight excluding hydrogens is 288 g/mol. The third kappa shape index (κ3) is 5.65. The van der Waals surface area contributed by atoms with E-state index in [1.165, 1.54) is 0 Å². The van der Waals surface area contributed by atoms with Gasteiger partial charge < -0.3 is 15.8 Å². The number of amides is 1. The van der Waals surface area contributed by atoms with Crippen LogP contribution in [0.25, 0.3) is 0 Å². The lowest BCUT2D eigenvalue weighted by molar-refractivity contribution is -0.122. The van der Waals surface area contributed by atoms with E-state index < -0.39 is 0 Å². The number of hydrogen-bond acceptors (Lipinski definition) is 3. The lowest BCUT2D eigenvalue weighted by atomic mass is 9.96. The van der Waals surface area contributed by atoms with Gasteiger partial charge in [-0.2, -0.15) is 0 Å². The molecule has 0 radical (unpaired) electrons. The third-order valence-corrected chi connectivity index (χ3v) is 3.95. The summed E-state index contributed by atoms with van der Waals surface area (Å²) in [5.74, 6) is 0.466. The van der Waals surface area contributed by atoms with Crippen molar-refractivity contribution in [2.24, 2.45) is 11.7 Å². The summed E-state index contributed by atoms with van der Waals surface area (Å²) in [6.07, 6.45) is 3.24. The molecule has 1 heterocycles. The van der Waals surface area contributed by atoms with E-state index in [0.717, 1.165) is 44.6 Å². The number of nitrogens with one attached hydrogen (secondary N) is 1. The van der Waals surface area contributed by atoms with Crippen LogP contribution in [0, 0.1) is 5.92 Å². The van der Waals surface area contributed by atoms with Gasteiger partial charge in [-0.25, -0.2) is 0 Å². The summed E-state index contributed by atoms with van der Waals surface area (Å²) < 4.78 is 5.34. The average Bonchev–Trinajstić information content (AvgIpc) is 2.50. The van der Waals surface area contributed by atoms with Gasteiger partial charge in [0.15, 0.2) is 0 Å². The minimum atomic E-state index is -0.245. The molecule has 2 rings (SSSR count). The van der Waals surface area contributed by atoms with Gasteiger partial charge >= 0.3 is 0 Å². The van der Waals surface area contributed by atoms with Crippen LogP contribution in [0.3, 0.4) is 0 Å². The Morgan fingerprint density at radius 1 is 1.29 bits per heavy atom. The maximum absolute atomic E-state index is 12.2. The predicted molar refractivity (Wildman–Crippen MR) is 86.7 cm³/mol. The molecule has 21 heavy (non-hydrogen) atoms. The summed E-state index contributed by atoms with van der Waals surface area (Å²) in [7, 11) is 0. The zero-order valence-corrected chi connectivity index (χ0v) is 13.1. The number of nitrogens with two attached hydrogens (primary N) is 1. The lowest BCUT2D eigenvalue weighted by Gasteiger charge is -2.22. The second-order valence-corrected chi connectivity index (χ2v) is 5.33. The SMILES string of the molecule is Cl.NCC(C(=O)NCCC1CCOCC1)c1ccccc1. The number of rotatable bonds is 6. The van der Waals surface area contributed by atoms with Crippen LogP contribution in [0.15, 0.2) is 30.3 Å². The maximum Gasteiger partial charge on any atom is 0.228 e. The van der Waals surface area contributed by atoms with Crippen LogP contribution in [0.4, 0.5) is 0 Å².